The highest BCUT2D eigenvalue weighted by atomic mass is 16.5. The molecule has 0 spiro atoms. The van der Waals surface area contributed by atoms with Gasteiger partial charge in [0.15, 0.2) is 0 Å². The summed E-state index contributed by atoms with van der Waals surface area (Å²) < 4.78 is 4.87. The van der Waals surface area contributed by atoms with Crippen molar-refractivity contribution in [2.24, 2.45) is 0 Å². The average molecular weight is 220 g/mol. The molecule has 0 aliphatic rings. The van der Waals surface area contributed by atoms with Crippen molar-refractivity contribution >= 4 is 12.0 Å². The van der Waals surface area contributed by atoms with E-state index in [-0.39, 0.29) is 5.57 Å². The summed E-state index contributed by atoms with van der Waals surface area (Å²) >= 11 is 0. The van der Waals surface area contributed by atoms with Crippen LogP contribution in [0.4, 0.5) is 0 Å². The fourth-order valence-corrected chi connectivity index (χ4v) is 1.29. The minimum atomic E-state index is -0.834. The van der Waals surface area contributed by atoms with E-state index in [2.05, 4.69) is 0 Å². The molecule has 0 heterocycles. The lowest BCUT2D eigenvalue weighted by Gasteiger charge is -2.09. The molecular formula is C13H16O3. The Bertz CT molecular complexity index is 366. The van der Waals surface area contributed by atoms with Gasteiger partial charge in [-0.2, -0.15) is 0 Å². The molecule has 3 heteroatoms. The van der Waals surface area contributed by atoms with Crippen LogP contribution in [0.3, 0.4) is 0 Å². The molecule has 1 rings (SSSR count). The number of aliphatic hydroxyl groups excluding tert-OH is 1. The van der Waals surface area contributed by atoms with E-state index < -0.39 is 12.1 Å². The van der Waals surface area contributed by atoms with Gasteiger partial charge >= 0.3 is 5.97 Å². The first-order valence-corrected chi connectivity index (χ1v) is 5.27. The minimum Gasteiger partial charge on any atom is -0.463 e. The zero-order valence-electron chi connectivity index (χ0n) is 9.51. The third kappa shape index (κ3) is 3.51. The van der Waals surface area contributed by atoms with Gasteiger partial charge in [-0.1, -0.05) is 30.3 Å². The summed E-state index contributed by atoms with van der Waals surface area (Å²) in [7, 11) is 0. The van der Waals surface area contributed by atoms with Crippen LogP contribution in [0.1, 0.15) is 19.4 Å². The predicted molar refractivity (Wildman–Crippen MR) is 62.7 cm³/mol. The predicted octanol–water partition coefficient (Wildman–Crippen LogP) is 2.01. The molecule has 1 N–H and O–H groups in total. The standard InChI is InChI=1S/C13H16O3/c1-3-16-13(15)12(10(2)14)9-11-7-5-4-6-8-11/h4-10,14H,3H2,1-2H3/b12-9-. The van der Waals surface area contributed by atoms with E-state index in [4.69, 9.17) is 4.74 Å². The second-order valence-corrected chi connectivity index (χ2v) is 3.41. The van der Waals surface area contributed by atoms with Gasteiger partial charge in [0.25, 0.3) is 0 Å². The molecule has 1 aromatic carbocycles. The van der Waals surface area contributed by atoms with Gasteiger partial charge in [0, 0.05) is 0 Å². The minimum absolute atomic E-state index is 0.271. The Balaban J connectivity index is 2.94. The third-order valence-electron chi connectivity index (χ3n) is 2.08. The van der Waals surface area contributed by atoms with E-state index in [9.17, 15) is 9.90 Å². The van der Waals surface area contributed by atoms with Crippen LogP contribution < -0.4 is 0 Å². The maximum absolute atomic E-state index is 11.5. The lowest BCUT2D eigenvalue weighted by atomic mass is 10.1. The summed E-state index contributed by atoms with van der Waals surface area (Å²) in [6, 6.07) is 9.36. The quantitative estimate of drug-likeness (QED) is 0.623. The average Bonchev–Trinajstić information content (AvgIpc) is 2.27. The Labute approximate surface area is 95.4 Å². The molecule has 0 saturated carbocycles. The van der Waals surface area contributed by atoms with Gasteiger partial charge in [-0.3, -0.25) is 0 Å². The fourth-order valence-electron chi connectivity index (χ4n) is 1.29. The summed E-state index contributed by atoms with van der Waals surface area (Å²) in [5.41, 5.74) is 1.14. The molecule has 86 valence electrons. The van der Waals surface area contributed by atoms with Crippen LogP contribution >= 0.6 is 0 Å². The number of ether oxygens (including phenoxy) is 1. The number of benzene rings is 1. The van der Waals surface area contributed by atoms with E-state index in [1.165, 1.54) is 0 Å². The highest BCUT2D eigenvalue weighted by Crippen LogP contribution is 2.11. The van der Waals surface area contributed by atoms with Gasteiger partial charge in [0.2, 0.25) is 0 Å². The zero-order chi connectivity index (χ0) is 12.0. The van der Waals surface area contributed by atoms with Gasteiger partial charge in [-0.15, -0.1) is 0 Å². The third-order valence-corrected chi connectivity index (χ3v) is 2.08. The van der Waals surface area contributed by atoms with E-state index >= 15 is 0 Å². The summed E-state index contributed by atoms with van der Waals surface area (Å²) in [4.78, 5) is 11.5. The Morgan fingerprint density at radius 1 is 1.44 bits per heavy atom. The van der Waals surface area contributed by atoms with Gasteiger partial charge in [-0.05, 0) is 25.5 Å². The first kappa shape index (κ1) is 12.5. The number of carbonyl (C=O) groups is 1. The molecule has 0 amide bonds. The molecule has 1 unspecified atom stereocenters. The molecule has 0 saturated heterocycles. The molecule has 16 heavy (non-hydrogen) atoms. The lowest BCUT2D eigenvalue weighted by molar-refractivity contribution is -0.139. The Kier molecular flexibility index (Phi) is 4.73. The zero-order valence-corrected chi connectivity index (χ0v) is 9.51. The highest BCUT2D eigenvalue weighted by molar-refractivity contribution is 5.94. The van der Waals surface area contributed by atoms with E-state index in [0.717, 1.165) is 5.56 Å². The molecule has 0 fully saturated rings. The van der Waals surface area contributed by atoms with Crippen LogP contribution in [-0.4, -0.2) is 23.8 Å². The Morgan fingerprint density at radius 3 is 2.56 bits per heavy atom. The SMILES string of the molecule is CCOC(=O)/C(=C\c1ccccc1)C(C)O. The largest absolute Gasteiger partial charge is 0.463 e. The summed E-state index contributed by atoms with van der Waals surface area (Å²) in [5, 5.41) is 9.50. The number of hydrogen-bond donors (Lipinski definition) is 1. The van der Waals surface area contributed by atoms with Crippen molar-refractivity contribution in [2.45, 2.75) is 20.0 Å². The van der Waals surface area contributed by atoms with Crippen molar-refractivity contribution in [1.82, 2.24) is 0 Å². The second-order valence-electron chi connectivity index (χ2n) is 3.41. The molecule has 0 bridgehead atoms. The molecule has 0 aromatic heterocycles. The maximum Gasteiger partial charge on any atom is 0.336 e. The van der Waals surface area contributed by atoms with E-state index in [0.29, 0.717) is 6.61 Å². The molecule has 0 aliphatic heterocycles. The van der Waals surface area contributed by atoms with Crippen molar-refractivity contribution < 1.29 is 14.6 Å². The van der Waals surface area contributed by atoms with Gasteiger partial charge in [0.1, 0.15) is 0 Å². The van der Waals surface area contributed by atoms with Crippen molar-refractivity contribution in [2.75, 3.05) is 6.61 Å². The van der Waals surface area contributed by atoms with Crippen LogP contribution in [0, 0.1) is 0 Å². The molecule has 0 aliphatic carbocycles. The maximum atomic E-state index is 11.5. The van der Waals surface area contributed by atoms with Gasteiger partial charge in [-0.25, -0.2) is 4.79 Å². The lowest BCUT2D eigenvalue weighted by Crippen LogP contribution is -2.17. The summed E-state index contributed by atoms with van der Waals surface area (Å²) in [5.74, 6) is -0.471. The van der Waals surface area contributed by atoms with E-state index in [1.807, 2.05) is 30.3 Å². The Morgan fingerprint density at radius 2 is 2.06 bits per heavy atom. The number of aliphatic hydroxyl groups is 1. The topological polar surface area (TPSA) is 46.5 Å². The van der Waals surface area contributed by atoms with Crippen molar-refractivity contribution in [1.29, 1.82) is 0 Å². The van der Waals surface area contributed by atoms with Crippen molar-refractivity contribution in [3.63, 3.8) is 0 Å². The molecular weight excluding hydrogens is 204 g/mol. The summed E-state index contributed by atoms with van der Waals surface area (Å²) in [6.45, 7) is 3.59. The van der Waals surface area contributed by atoms with Crippen LogP contribution in [0.5, 0.6) is 0 Å². The van der Waals surface area contributed by atoms with Crippen LogP contribution in [0.2, 0.25) is 0 Å². The van der Waals surface area contributed by atoms with Crippen LogP contribution in [-0.2, 0) is 9.53 Å². The van der Waals surface area contributed by atoms with Crippen molar-refractivity contribution in [3.05, 3.63) is 41.5 Å². The molecule has 1 atom stereocenters. The first-order chi connectivity index (χ1) is 7.65. The second kappa shape index (κ2) is 6.08. The first-order valence-electron chi connectivity index (χ1n) is 5.27. The summed E-state index contributed by atoms with van der Waals surface area (Å²) in [6.07, 6.45) is 0.808. The molecule has 3 nitrogen and oxygen atoms in total. The van der Waals surface area contributed by atoms with Crippen LogP contribution in [0.15, 0.2) is 35.9 Å². The monoisotopic (exact) mass is 220 g/mol. The number of carbonyl (C=O) groups excluding carboxylic acids is 1. The Hall–Kier alpha value is -1.61. The molecule has 1 aromatic rings. The van der Waals surface area contributed by atoms with Crippen molar-refractivity contribution in [3.8, 4) is 0 Å². The van der Waals surface area contributed by atoms with E-state index in [1.54, 1.807) is 19.9 Å². The van der Waals surface area contributed by atoms with Gasteiger partial charge in [0.05, 0.1) is 18.3 Å². The molecule has 0 radical (unpaired) electrons. The number of esters is 1. The van der Waals surface area contributed by atoms with Crippen LogP contribution in [0.25, 0.3) is 6.08 Å². The number of rotatable bonds is 4. The highest BCUT2D eigenvalue weighted by Gasteiger charge is 2.15. The smallest absolute Gasteiger partial charge is 0.336 e. The fraction of sp³-hybridized carbons (Fsp3) is 0.308. The normalized spacial score (nSPS) is 13.3. The van der Waals surface area contributed by atoms with Gasteiger partial charge < -0.3 is 9.84 Å². The number of hydrogen-bond acceptors (Lipinski definition) is 3.